The highest BCUT2D eigenvalue weighted by atomic mass is 16.5. The first-order valence-electron chi connectivity index (χ1n) is 6.60. The quantitative estimate of drug-likeness (QED) is 0.861. The van der Waals surface area contributed by atoms with E-state index in [2.05, 4.69) is 20.1 Å². The normalized spacial score (nSPS) is 30.8. The van der Waals surface area contributed by atoms with E-state index in [4.69, 9.17) is 4.74 Å². The van der Waals surface area contributed by atoms with Gasteiger partial charge in [0.15, 0.2) is 0 Å². The Kier molecular flexibility index (Phi) is 3.38. The number of aromatic amines is 1. The zero-order valence-corrected chi connectivity index (χ0v) is 10.1. The lowest BCUT2D eigenvalue weighted by atomic mass is 9.99. The van der Waals surface area contributed by atoms with Crippen LogP contribution in [0.5, 0.6) is 0 Å². The van der Waals surface area contributed by atoms with Crippen LogP contribution >= 0.6 is 0 Å². The third kappa shape index (κ3) is 2.50. The minimum atomic E-state index is 0.437. The lowest BCUT2D eigenvalue weighted by molar-refractivity contribution is 0.110. The smallest absolute Gasteiger partial charge is 0.141 e. The van der Waals surface area contributed by atoms with Crippen LogP contribution in [0, 0.1) is 5.92 Å². The molecule has 3 rings (SSSR count). The molecular formula is C12H20N4O. The molecule has 1 aromatic rings. The van der Waals surface area contributed by atoms with Crippen molar-refractivity contribution in [3.63, 3.8) is 0 Å². The molecule has 2 atom stereocenters. The maximum atomic E-state index is 5.46. The Hall–Kier alpha value is -0.940. The van der Waals surface area contributed by atoms with E-state index in [-0.39, 0.29) is 0 Å². The van der Waals surface area contributed by atoms with Gasteiger partial charge in [-0.15, -0.1) is 0 Å². The highest BCUT2D eigenvalue weighted by Gasteiger charge is 2.29. The van der Waals surface area contributed by atoms with Crippen LogP contribution in [0.25, 0.3) is 0 Å². The molecule has 0 aromatic carbocycles. The van der Waals surface area contributed by atoms with E-state index >= 15 is 0 Å². The molecular weight excluding hydrogens is 216 g/mol. The average Bonchev–Trinajstić information content (AvgIpc) is 3.01. The number of hydrogen-bond donors (Lipinski definition) is 1. The van der Waals surface area contributed by atoms with Gasteiger partial charge < -0.3 is 4.74 Å². The number of H-pyrrole nitrogens is 1. The summed E-state index contributed by atoms with van der Waals surface area (Å²) in [6.07, 6.45) is 6.62. The second-order valence-corrected chi connectivity index (χ2v) is 5.11. The van der Waals surface area contributed by atoms with E-state index in [1.165, 1.54) is 32.2 Å². The minimum Gasteiger partial charge on any atom is -0.381 e. The number of ether oxygens (including phenoxy) is 1. The van der Waals surface area contributed by atoms with Gasteiger partial charge in [0.2, 0.25) is 0 Å². The van der Waals surface area contributed by atoms with Crippen molar-refractivity contribution in [3.05, 3.63) is 12.2 Å². The van der Waals surface area contributed by atoms with Crippen molar-refractivity contribution < 1.29 is 4.74 Å². The SMILES string of the molecule is c1n[nH]c(C2CCCCN2CC2CCOC2)n1. The van der Waals surface area contributed by atoms with E-state index in [0.29, 0.717) is 12.0 Å². The fraction of sp³-hybridized carbons (Fsp3) is 0.833. The fourth-order valence-corrected chi connectivity index (χ4v) is 2.95. The second kappa shape index (κ2) is 5.14. The third-order valence-electron chi connectivity index (χ3n) is 3.88. The van der Waals surface area contributed by atoms with Gasteiger partial charge in [-0.25, -0.2) is 4.98 Å². The van der Waals surface area contributed by atoms with Crippen molar-refractivity contribution in [1.29, 1.82) is 0 Å². The van der Waals surface area contributed by atoms with Crippen molar-refractivity contribution in [2.24, 2.45) is 5.92 Å². The Morgan fingerprint density at radius 2 is 2.41 bits per heavy atom. The minimum absolute atomic E-state index is 0.437. The van der Waals surface area contributed by atoms with Crippen molar-refractivity contribution in [2.45, 2.75) is 31.7 Å². The molecule has 2 unspecified atom stereocenters. The Labute approximate surface area is 102 Å². The lowest BCUT2D eigenvalue weighted by Crippen LogP contribution is -2.37. The van der Waals surface area contributed by atoms with Crippen LogP contribution < -0.4 is 0 Å². The molecule has 2 saturated heterocycles. The van der Waals surface area contributed by atoms with Gasteiger partial charge >= 0.3 is 0 Å². The molecule has 3 heterocycles. The molecule has 0 amide bonds. The number of likely N-dealkylation sites (tertiary alicyclic amines) is 1. The van der Waals surface area contributed by atoms with Gasteiger partial charge in [0.25, 0.3) is 0 Å². The summed E-state index contributed by atoms with van der Waals surface area (Å²) in [5.74, 6) is 1.74. The number of aromatic nitrogens is 3. The standard InChI is InChI=1S/C12H20N4O/c1-2-5-16(7-10-4-6-17-8-10)11(3-1)12-13-9-14-15-12/h9-11H,1-8H2,(H,13,14,15). The Balaban J connectivity index is 1.67. The summed E-state index contributed by atoms with van der Waals surface area (Å²) in [6.45, 7) is 4.19. The van der Waals surface area contributed by atoms with Crippen molar-refractivity contribution in [3.8, 4) is 0 Å². The average molecular weight is 236 g/mol. The molecule has 2 aliphatic heterocycles. The number of piperidine rings is 1. The number of hydrogen-bond acceptors (Lipinski definition) is 4. The van der Waals surface area contributed by atoms with Gasteiger partial charge in [-0.3, -0.25) is 10.00 Å². The van der Waals surface area contributed by atoms with E-state index in [9.17, 15) is 0 Å². The summed E-state index contributed by atoms with van der Waals surface area (Å²) in [5.41, 5.74) is 0. The molecule has 0 spiro atoms. The fourth-order valence-electron chi connectivity index (χ4n) is 2.95. The highest BCUT2D eigenvalue weighted by Crippen LogP contribution is 2.30. The summed E-state index contributed by atoms with van der Waals surface area (Å²) in [5, 5.41) is 7.00. The van der Waals surface area contributed by atoms with Crippen LogP contribution in [0.15, 0.2) is 6.33 Å². The van der Waals surface area contributed by atoms with Crippen LogP contribution in [-0.4, -0.2) is 46.4 Å². The van der Waals surface area contributed by atoms with E-state index < -0.39 is 0 Å². The van der Waals surface area contributed by atoms with Crippen molar-refractivity contribution >= 4 is 0 Å². The summed E-state index contributed by atoms with van der Waals surface area (Å²) in [7, 11) is 0. The monoisotopic (exact) mass is 236 g/mol. The molecule has 17 heavy (non-hydrogen) atoms. The van der Waals surface area contributed by atoms with Gasteiger partial charge in [0.1, 0.15) is 12.2 Å². The van der Waals surface area contributed by atoms with Gasteiger partial charge in [0.05, 0.1) is 12.6 Å². The summed E-state index contributed by atoms with van der Waals surface area (Å²) in [4.78, 5) is 6.88. The van der Waals surface area contributed by atoms with E-state index in [0.717, 1.165) is 25.6 Å². The maximum Gasteiger partial charge on any atom is 0.141 e. The molecule has 1 N–H and O–H groups in total. The molecule has 0 saturated carbocycles. The first-order chi connectivity index (χ1) is 8.43. The molecule has 1 aromatic heterocycles. The Morgan fingerprint density at radius 1 is 1.41 bits per heavy atom. The van der Waals surface area contributed by atoms with Crippen LogP contribution in [0.2, 0.25) is 0 Å². The molecule has 2 aliphatic rings. The zero-order chi connectivity index (χ0) is 11.5. The predicted molar refractivity (Wildman–Crippen MR) is 63.5 cm³/mol. The zero-order valence-electron chi connectivity index (χ0n) is 10.1. The molecule has 0 bridgehead atoms. The van der Waals surface area contributed by atoms with Gasteiger partial charge in [-0.1, -0.05) is 6.42 Å². The highest BCUT2D eigenvalue weighted by molar-refractivity contribution is 4.95. The largest absolute Gasteiger partial charge is 0.381 e. The van der Waals surface area contributed by atoms with Crippen molar-refractivity contribution in [2.75, 3.05) is 26.3 Å². The van der Waals surface area contributed by atoms with Crippen LogP contribution in [0.4, 0.5) is 0 Å². The Morgan fingerprint density at radius 3 is 3.18 bits per heavy atom. The maximum absolute atomic E-state index is 5.46. The molecule has 0 aliphatic carbocycles. The molecule has 0 radical (unpaired) electrons. The summed E-state index contributed by atoms with van der Waals surface area (Å²) < 4.78 is 5.46. The summed E-state index contributed by atoms with van der Waals surface area (Å²) in [6, 6.07) is 0.437. The van der Waals surface area contributed by atoms with E-state index in [1.54, 1.807) is 6.33 Å². The first-order valence-corrected chi connectivity index (χ1v) is 6.60. The number of nitrogens with zero attached hydrogens (tertiary/aromatic N) is 3. The first kappa shape index (κ1) is 11.2. The topological polar surface area (TPSA) is 54.0 Å². The number of nitrogens with one attached hydrogen (secondary N) is 1. The van der Waals surface area contributed by atoms with Gasteiger partial charge in [0, 0.05) is 13.2 Å². The second-order valence-electron chi connectivity index (χ2n) is 5.11. The molecule has 5 nitrogen and oxygen atoms in total. The third-order valence-corrected chi connectivity index (χ3v) is 3.88. The van der Waals surface area contributed by atoms with Crippen molar-refractivity contribution in [1.82, 2.24) is 20.1 Å². The molecule has 5 heteroatoms. The van der Waals surface area contributed by atoms with Crippen LogP contribution in [0.3, 0.4) is 0 Å². The van der Waals surface area contributed by atoms with Crippen LogP contribution in [-0.2, 0) is 4.74 Å². The summed E-state index contributed by atoms with van der Waals surface area (Å²) >= 11 is 0. The van der Waals surface area contributed by atoms with E-state index in [1.807, 2.05) is 0 Å². The lowest BCUT2D eigenvalue weighted by Gasteiger charge is -2.35. The number of rotatable bonds is 3. The van der Waals surface area contributed by atoms with Gasteiger partial charge in [-0.05, 0) is 31.7 Å². The Bertz CT molecular complexity index is 334. The molecule has 2 fully saturated rings. The predicted octanol–water partition coefficient (Wildman–Crippen LogP) is 1.37. The molecule has 94 valence electrons. The van der Waals surface area contributed by atoms with Gasteiger partial charge in [-0.2, -0.15) is 5.10 Å². The van der Waals surface area contributed by atoms with Crippen LogP contribution in [0.1, 0.15) is 37.5 Å².